The van der Waals surface area contributed by atoms with Crippen LogP contribution in [0.15, 0.2) is 29.1 Å². The van der Waals surface area contributed by atoms with Gasteiger partial charge >= 0.3 is 0 Å². The van der Waals surface area contributed by atoms with Crippen LogP contribution in [0.3, 0.4) is 0 Å². The zero-order chi connectivity index (χ0) is 9.54. The molecule has 0 radical (unpaired) electrons. The molecular weight excluding hydrogens is 242 g/mol. The first kappa shape index (κ1) is 8.29. The van der Waals surface area contributed by atoms with Gasteiger partial charge in [-0.25, -0.2) is 4.98 Å². The number of pyridine rings is 1. The van der Waals surface area contributed by atoms with E-state index < -0.39 is 0 Å². The number of hydrogen-bond acceptors (Lipinski definition) is 2. The van der Waals surface area contributed by atoms with Gasteiger partial charge in [0.2, 0.25) is 0 Å². The Kier molecular flexibility index (Phi) is 1.77. The van der Waals surface area contributed by atoms with Gasteiger partial charge in [0.15, 0.2) is 0 Å². The van der Waals surface area contributed by atoms with E-state index in [0.717, 1.165) is 15.9 Å². The summed E-state index contributed by atoms with van der Waals surface area (Å²) in [6, 6.07) is 6.85. The van der Waals surface area contributed by atoms with Crippen molar-refractivity contribution in [3.05, 3.63) is 29.1 Å². The Labute approximate surface area is 90.3 Å². The fourth-order valence-electron chi connectivity index (χ4n) is 1.54. The largest absolute Gasteiger partial charge is 0.368 e. The van der Waals surface area contributed by atoms with E-state index in [2.05, 4.69) is 42.8 Å². The molecule has 0 aromatic carbocycles. The first-order valence-electron chi connectivity index (χ1n) is 4.73. The zero-order valence-corrected chi connectivity index (χ0v) is 9.16. The van der Waals surface area contributed by atoms with Gasteiger partial charge in [-0.3, -0.25) is 4.40 Å². The van der Waals surface area contributed by atoms with Crippen LogP contribution in [-0.4, -0.2) is 15.4 Å². The number of hydrogen-bond donors (Lipinski definition) is 1. The average molecular weight is 252 g/mol. The summed E-state index contributed by atoms with van der Waals surface area (Å²) in [6.07, 6.45) is 4.41. The molecule has 72 valence electrons. The summed E-state index contributed by atoms with van der Waals surface area (Å²) in [6.45, 7) is 0. The third kappa shape index (κ3) is 1.30. The molecule has 0 amide bonds. The van der Waals surface area contributed by atoms with Gasteiger partial charge < -0.3 is 5.32 Å². The number of fused-ring (bicyclic) bond motifs is 1. The van der Waals surface area contributed by atoms with E-state index in [4.69, 9.17) is 0 Å². The third-order valence-corrected chi connectivity index (χ3v) is 3.07. The molecule has 1 fully saturated rings. The van der Waals surface area contributed by atoms with Crippen LogP contribution < -0.4 is 5.32 Å². The van der Waals surface area contributed by atoms with Crippen LogP contribution in [0.1, 0.15) is 12.8 Å². The predicted molar refractivity (Wildman–Crippen MR) is 59.5 cm³/mol. The molecule has 0 unspecified atom stereocenters. The maximum atomic E-state index is 4.22. The molecule has 1 saturated carbocycles. The molecular formula is C10H10BrN3. The Morgan fingerprint density at radius 3 is 3.07 bits per heavy atom. The van der Waals surface area contributed by atoms with Crippen molar-refractivity contribution in [3.8, 4) is 0 Å². The van der Waals surface area contributed by atoms with Crippen LogP contribution in [0.5, 0.6) is 0 Å². The maximum absolute atomic E-state index is 4.22. The molecule has 3 nitrogen and oxygen atoms in total. The SMILES string of the molecule is Brc1ncn2c(NC3CC3)cccc12. The topological polar surface area (TPSA) is 29.3 Å². The van der Waals surface area contributed by atoms with Gasteiger partial charge in [0, 0.05) is 6.04 Å². The highest BCUT2D eigenvalue weighted by Gasteiger charge is 2.21. The lowest BCUT2D eigenvalue weighted by Crippen LogP contribution is -2.04. The molecule has 0 spiro atoms. The van der Waals surface area contributed by atoms with E-state index >= 15 is 0 Å². The Hall–Kier alpha value is -1.03. The van der Waals surface area contributed by atoms with Crippen LogP contribution in [0.25, 0.3) is 5.52 Å². The van der Waals surface area contributed by atoms with Crippen molar-refractivity contribution in [2.75, 3.05) is 5.32 Å². The first-order chi connectivity index (χ1) is 6.84. The number of imidazole rings is 1. The summed E-state index contributed by atoms with van der Waals surface area (Å²) in [7, 11) is 0. The van der Waals surface area contributed by atoms with Crippen molar-refractivity contribution >= 4 is 27.3 Å². The Morgan fingerprint density at radius 2 is 2.29 bits per heavy atom. The molecule has 1 aliphatic rings. The van der Waals surface area contributed by atoms with Gasteiger partial charge in [-0.05, 0) is 40.9 Å². The van der Waals surface area contributed by atoms with Crippen LogP contribution >= 0.6 is 15.9 Å². The number of halogens is 1. The van der Waals surface area contributed by atoms with Gasteiger partial charge in [0.25, 0.3) is 0 Å². The summed E-state index contributed by atoms with van der Waals surface area (Å²) in [5.74, 6) is 1.13. The summed E-state index contributed by atoms with van der Waals surface area (Å²) in [4.78, 5) is 4.22. The normalized spacial score (nSPS) is 16.1. The molecule has 0 saturated heterocycles. The van der Waals surface area contributed by atoms with Crippen molar-refractivity contribution in [1.29, 1.82) is 0 Å². The smallest absolute Gasteiger partial charge is 0.131 e. The molecule has 4 heteroatoms. The van der Waals surface area contributed by atoms with Gasteiger partial charge in [0.05, 0.1) is 5.52 Å². The molecule has 1 N–H and O–H groups in total. The molecule has 1 aliphatic carbocycles. The molecule has 2 heterocycles. The minimum atomic E-state index is 0.668. The van der Waals surface area contributed by atoms with Crippen LogP contribution in [0, 0.1) is 0 Å². The van der Waals surface area contributed by atoms with E-state index in [1.54, 1.807) is 0 Å². The highest BCUT2D eigenvalue weighted by Crippen LogP contribution is 2.26. The quantitative estimate of drug-likeness (QED) is 0.890. The minimum Gasteiger partial charge on any atom is -0.368 e. The highest BCUT2D eigenvalue weighted by atomic mass is 79.9. The summed E-state index contributed by atoms with van der Waals surface area (Å²) in [5.41, 5.74) is 1.11. The van der Waals surface area contributed by atoms with Crippen molar-refractivity contribution in [3.63, 3.8) is 0 Å². The van der Waals surface area contributed by atoms with Crippen molar-refractivity contribution in [2.45, 2.75) is 18.9 Å². The average Bonchev–Trinajstić information content (AvgIpc) is 2.92. The molecule has 14 heavy (non-hydrogen) atoms. The van der Waals surface area contributed by atoms with Gasteiger partial charge in [-0.15, -0.1) is 0 Å². The number of anilines is 1. The second kappa shape index (κ2) is 2.98. The van der Waals surface area contributed by atoms with E-state index in [1.165, 1.54) is 12.8 Å². The first-order valence-corrected chi connectivity index (χ1v) is 5.52. The maximum Gasteiger partial charge on any atom is 0.131 e. The second-order valence-corrected chi connectivity index (χ2v) is 4.37. The number of rotatable bonds is 2. The molecule has 2 aromatic rings. The third-order valence-electron chi connectivity index (χ3n) is 2.45. The van der Waals surface area contributed by atoms with Crippen molar-refractivity contribution < 1.29 is 0 Å². The monoisotopic (exact) mass is 251 g/mol. The molecule has 0 bridgehead atoms. The van der Waals surface area contributed by atoms with Gasteiger partial charge in [-0.2, -0.15) is 0 Å². The van der Waals surface area contributed by atoms with Gasteiger partial charge in [0.1, 0.15) is 16.7 Å². The highest BCUT2D eigenvalue weighted by molar-refractivity contribution is 9.10. The standard InChI is InChI=1S/C10H10BrN3/c11-10-8-2-1-3-9(13-7-4-5-7)14(8)6-12-10/h1-3,6-7,13H,4-5H2. The summed E-state index contributed by atoms with van der Waals surface area (Å²) in [5, 5.41) is 3.47. The number of aromatic nitrogens is 2. The second-order valence-electron chi connectivity index (χ2n) is 3.62. The zero-order valence-electron chi connectivity index (χ0n) is 7.57. The van der Waals surface area contributed by atoms with E-state index in [1.807, 2.05) is 12.4 Å². The lowest BCUT2D eigenvalue weighted by atomic mass is 10.4. The summed E-state index contributed by atoms with van der Waals surface area (Å²) >= 11 is 3.42. The van der Waals surface area contributed by atoms with Crippen molar-refractivity contribution in [1.82, 2.24) is 9.38 Å². The Balaban J connectivity index is 2.12. The lowest BCUT2D eigenvalue weighted by molar-refractivity contribution is 1.07. The van der Waals surface area contributed by atoms with E-state index in [-0.39, 0.29) is 0 Å². The Bertz CT molecular complexity index is 473. The fraction of sp³-hybridized carbons (Fsp3) is 0.300. The van der Waals surface area contributed by atoms with Crippen molar-refractivity contribution in [2.24, 2.45) is 0 Å². The molecule has 2 aromatic heterocycles. The fourth-order valence-corrected chi connectivity index (χ4v) is 1.96. The van der Waals surface area contributed by atoms with Crippen LogP contribution in [0.4, 0.5) is 5.82 Å². The lowest BCUT2D eigenvalue weighted by Gasteiger charge is -2.06. The molecule has 3 rings (SSSR count). The van der Waals surface area contributed by atoms with E-state index in [0.29, 0.717) is 6.04 Å². The van der Waals surface area contributed by atoms with Crippen LogP contribution in [0.2, 0.25) is 0 Å². The predicted octanol–water partition coefficient (Wildman–Crippen LogP) is 2.67. The molecule has 0 atom stereocenters. The summed E-state index contributed by atoms with van der Waals surface area (Å²) < 4.78 is 2.97. The van der Waals surface area contributed by atoms with Crippen LogP contribution in [-0.2, 0) is 0 Å². The Morgan fingerprint density at radius 1 is 1.43 bits per heavy atom. The number of nitrogens with one attached hydrogen (secondary N) is 1. The van der Waals surface area contributed by atoms with E-state index in [9.17, 15) is 0 Å². The minimum absolute atomic E-state index is 0.668. The molecule has 0 aliphatic heterocycles. The number of nitrogens with zero attached hydrogens (tertiary/aromatic N) is 2. The van der Waals surface area contributed by atoms with Gasteiger partial charge in [-0.1, -0.05) is 6.07 Å².